The van der Waals surface area contributed by atoms with Crippen molar-refractivity contribution >= 4 is 11.8 Å². The van der Waals surface area contributed by atoms with E-state index in [1.165, 1.54) is 6.42 Å². The fraction of sp³-hybridized carbons (Fsp3) is 0.579. The molecular weight excluding hydrogens is 302 g/mol. The van der Waals surface area contributed by atoms with Gasteiger partial charge >= 0.3 is 0 Å². The minimum absolute atomic E-state index is 0.278. The predicted molar refractivity (Wildman–Crippen MR) is 93.4 cm³/mol. The van der Waals surface area contributed by atoms with Gasteiger partial charge in [-0.3, -0.25) is 14.5 Å². The monoisotopic (exact) mass is 329 g/mol. The van der Waals surface area contributed by atoms with Crippen LogP contribution in [0.5, 0.6) is 0 Å². The Labute approximate surface area is 143 Å². The van der Waals surface area contributed by atoms with Crippen molar-refractivity contribution in [2.75, 3.05) is 13.1 Å². The SMILES string of the molecule is CCC(=O)N1CCC[C@@H]1[C@@H]1CCCN1Cc1cccc(C(N)=O)c1. The van der Waals surface area contributed by atoms with E-state index in [-0.39, 0.29) is 11.8 Å². The predicted octanol–water partition coefficient (Wildman–Crippen LogP) is 2.15. The Morgan fingerprint density at radius 2 is 1.92 bits per heavy atom. The highest BCUT2D eigenvalue weighted by Gasteiger charge is 2.39. The molecule has 24 heavy (non-hydrogen) atoms. The van der Waals surface area contributed by atoms with Gasteiger partial charge in [-0.05, 0) is 49.9 Å². The number of carbonyl (C=O) groups excluding carboxylic acids is 2. The molecule has 2 amide bonds. The van der Waals surface area contributed by atoms with Crippen LogP contribution < -0.4 is 5.73 Å². The molecule has 2 saturated heterocycles. The number of primary amides is 1. The van der Waals surface area contributed by atoms with Gasteiger partial charge in [-0.2, -0.15) is 0 Å². The molecule has 2 atom stereocenters. The van der Waals surface area contributed by atoms with Crippen LogP contribution in [0, 0.1) is 0 Å². The average molecular weight is 329 g/mol. The summed E-state index contributed by atoms with van der Waals surface area (Å²) < 4.78 is 0. The second-order valence-corrected chi connectivity index (χ2v) is 6.89. The first kappa shape index (κ1) is 17.0. The minimum Gasteiger partial charge on any atom is -0.366 e. The normalized spacial score (nSPS) is 24.5. The number of hydrogen-bond acceptors (Lipinski definition) is 3. The fourth-order valence-corrected chi connectivity index (χ4v) is 4.25. The minimum atomic E-state index is -0.384. The van der Waals surface area contributed by atoms with Crippen LogP contribution in [-0.4, -0.2) is 46.8 Å². The second-order valence-electron chi connectivity index (χ2n) is 6.89. The van der Waals surface area contributed by atoms with Crippen LogP contribution in [0.15, 0.2) is 24.3 Å². The number of nitrogens with zero attached hydrogens (tertiary/aromatic N) is 2. The lowest BCUT2D eigenvalue weighted by molar-refractivity contribution is -0.132. The summed E-state index contributed by atoms with van der Waals surface area (Å²) in [5, 5.41) is 0. The Morgan fingerprint density at radius 1 is 1.17 bits per heavy atom. The first-order valence-corrected chi connectivity index (χ1v) is 9.02. The molecule has 0 radical (unpaired) electrons. The standard InChI is InChI=1S/C19H27N3O2/c1-2-18(23)22-11-5-9-17(22)16-8-4-10-21(16)13-14-6-3-7-15(12-14)19(20)24/h3,6-7,12,16-17H,2,4-5,8-11,13H2,1H3,(H2,20,24)/t16-,17+/m0/s1. The molecule has 0 unspecified atom stereocenters. The maximum Gasteiger partial charge on any atom is 0.248 e. The van der Waals surface area contributed by atoms with E-state index in [4.69, 9.17) is 5.73 Å². The molecule has 1 aromatic carbocycles. The third-order valence-electron chi connectivity index (χ3n) is 5.38. The maximum absolute atomic E-state index is 12.2. The van der Waals surface area contributed by atoms with Crippen molar-refractivity contribution in [1.82, 2.24) is 9.80 Å². The molecule has 5 nitrogen and oxygen atoms in total. The Kier molecular flexibility index (Phi) is 5.19. The number of likely N-dealkylation sites (tertiary alicyclic amines) is 2. The van der Waals surface area contributed by atoms with E-state index in [0.29, 0.717) is 24.1 Å². The van der Waals surface area contributed by atoms with Gasteiger partial charge in [0.25, 0.3) is 0 Å². The molecule has 0 spiro atoms. The van der Waals surface area contributed by atoms with Crippen LogP contribution in [0.1, 0.15) is 54.9 Å². The van der Waals surface area contributed by atoms with Gasteiger partial charge < -0.3 is 10.6 Å². The molecule has 5 heteroatoms. The van der Waals surface area contributed by atoms with Crippen molar-refractivity contribution in [2.24, 2.45) is 5.73 Å². The first-order valence-electron chi connectivity index (χ1n) is 9.02. The van der Waals surface area contributed by atoms with Crippen LogP contribution in [-0.2, 0) is 11.3 Å². The molecule has 0 bridgehead atoms. The largest absolute Gasteiger partial charge is 0.366 e. The van der Waals surface area contributed by atoms with Crippen molar-refractivity contribution < 1.29 is 9.59 Å². The zero-order chi connectivity index (χ0) is 17.1. The maximum atomic E-state index is 12.2. The summed E-state index contributed by atoms with van der Waals surface area (Å²) >= 11 is 0. The molecule has 1 aromatic rings. The molecule has 2 aliphatic rings. The van der Waals surface area contributed by atoms with Gasteiger partial charge in [-0.25, -0.2) is 0 Å². The summed E-state index contributed by atoms with van der Waals surface area (Å²) in [5.41, 5.74) is 7.07. The molecular formula is C19H27N3O2. The van der Waals surface area contributed by atoms with Gasteiger partial charge in [-0.15, -0.1) is 0 Å². The highest BCUT2D eigenvalue weighted by molar-refractivity contribution is 5.92. The molecule has 3 rings (SSSR count). The summed E-state index contributed by atoms with van der Waals surface area (Å²) in [6, 6.07) is 8.36. The molecule has 130 valence electrons. The summed E-state index contributed by atoms with van der Waals surface area (Å²) in [6.07, 6.45) is 5.12. The van der Waals surface area contributed by atoms with Crippen LogP contribution >= 0.6 is 0 Å². The molecule has 2 heterocycles. The van der Waals surface area contributed by atoms with E-state index >= 15 is 0 Å². The van der Waals surface area contributed by atoms with E-state index in [0.717, 1.165) is 44.5 Å². The molecule has 0 aromatic heterocycles. The van der Waals surface area contributed by atoms with Gasteiger partial charge in [0.2, 0.25) is 11.8 Å². The molecule has 0 aliphatic carbocycles. The van der Waals surface area contributed by atoms with E-state index in [2.05, 4.69) is 9.80 Å². The summed E-state index contributed by atoms with van der Waals surface area (Å²) in [5.74, 6) is -0.106. The lowest BCUT2D eigenvalue weighted by atomic mass is 10.0. The fourth-order valence-electron chi connectivity index (χ4n) is 4.25. The number of nitrogens with two attached hydrogens (primary N) is 1. The van der Waals surface area contributed by atoms with E-state index in [1.54, 1.807) is 6.07 Å². The van der Waals surface area contributed by atoms with Crippen molar-refractivity contribution in [3.05, 3.63) is 35.4 Å². The van der Waals surface area contributed by atoms with Gasteiger partial charge in [-0.1, -0.05) is 19.1 Å². The van der Waals surface area contributed by atoms with E-state index in [9.17, 15) is 9.59 Å². The van der Waals surface area contributed by atoms with Gasteiger partial charge in [0.1, 0.15) is 0 Å². The third-order valence-corrected chi connectivity index (χ3v) is 5.38. The van der Waals surface area contributed by atoms with Gasteiger partial charge in [0.05, 0.1) is 0 Å². The summed E-state index contributed by atoms with van der Waals surface area (Å²) in [7, 11) is 0. The summed E-state index contributed by atoms with van der Waals surface area (Å²) in [6.45, 7) is 4.71. The molecule has 2 aliphatic heterocycles. The first-order chi connectivity index (χ1) is 11.6. The summed E-state index contributed by atoms with van der Waals surface area (Å²) in [4.78, 5) is 28.2. The highest BCUT2D eigenvalue weighted by atomic mass is 16.2. The Bertz CT molecular complexity index is 616. The van der Waals surface area contributed by atoms with Crippen molar-refractivity contribution in [1.29, 1.82) is 0 Å². The van der Waals surface area contributed by atoms with Crippen molar-refractivity contribution in [3.8, 4) is 0 Å². The van der Waals surface area contributed by atoms with Crippen LogP contribution in [0.3, 0.4) is 0 Å². The Balaban J connectivity index is 1.73. The van der Waals surface area contributed by atoms with E-state index in [1.807, 2.05) is 25.1 Å². The van der Waals surface area contributed by atoms with Gasteiger partial charge in [0.15, 0.2) is 0 Å². The third kappa shape index (κ3) is 3.46. The lowest BCUT2D eigenvalue weighted by Crippen LogP contribution is -2.47. The highest BCUT2D eigenvalue weighted by Crippen LogP contribution is 2.31. The Hall–Kier alpha value is -1.88. The zero-order valence-corrected chi connectivity index (χ0v) is 14.4. The number of carbonyl (C=O) groups is 2. The number of rotatable bonds is 5. The Morgan fingerprint density at radius 3 is 2.67 bits per heavy atom. The van der Waals surface area contributed by atoms with Gasteiger partial charge in [0, 0.05) is 37.2 Å². The smallest absolute Gasteiger partial charge is 0.248 e. The van der Waals surface area contributed by atoms with Crippen molar-refractivity contribution in [3.63, 3.8) is 0 Å². The number of amides is 2. The van der Waals surface area contributed by atoms with Crippen LogP contribution in [0.25, 0.3) is 0 Å². The number of benzene rings is 1. The van der Waals surface area contributed by atoms with Crippen molar-refractivity contribution in [2.45, 2.75) is 57.7 Å². The second kappa shape index (κ2) is 7.34. The van der Waals surface area contributed by atoms with E-state index < -0.39 is 0 Å². The quantitative estimate of drug-likeness (QED) is 0.900. The zero-order valence-electron chi connectivity index (χ0n) is 14.4. The molecule has 2 fully saturated rings. The molecule has 2 N–H and O–H groups in total. The topological polar surface area (TPSA) is 66.6 Å². The van der Waals surface area contributed by atoms with Crippen LogP contribution in [0.2, 0.25) is 0 Å². The van der Waals surface area contributed by atoms with Crippen LogP contribution in [0.4, 0.5) is 0 Å². The average Bonchev–Trinajstić information content (AvgIpc) is 3.23. The lowest BCUT2D eigenvalue weighted by Gasteiger charge is -2.35. The molecule has 0 saturated carbocycles. The number of hydrogen-bond donors (Lipinski definition) is 1.